The fourth-order valence-corrected chi connectivity index (χ4v) is 3.36. The van der Waals surface area contributed by atoms with Crippen LogP contribution in [0.3, 0.4) is 0 Å². The SMILES string of the molecule is COc1cccc2c(N3CCCC(OCCO)C3)c(C)cnc12. The first-order chi connectivity index (χ1) is 11.2. The van der Waals surface area contributed by atoms with Gasteiger partial charge in [0.2, 0.25) is 0 Å². The van der Waals surface area contributed by atoms with Crippen LogP contribution in [0.25, 0.3) is 10.9 Å². The molecule has 0 spiro atoms. The standard InChI is InChI=1S/C18H24N2O3/c1-13-11-19-17-15(6-3-7-16(17)22-2)18(13)20-8-4-5-14(12-20)23-10-9-21/h3,6-7,11,14,21H,4-5,8-10,12H2,1-2H3. The second-order valence-electron chi connectivity index (χ2n) is 5.95. The minimum atomic E-state index is 0.0743. The van der Waals surface area contributed by atoms with Crippen molar-refractivity contribution in [2.75, 3.05) is 38.3 Å². The molecule has 5 nitrogen and oxygen atoms in total. The Kier molecular flexibility index (Phi) is 4.98. The number of piperidine rings is 1. The third kappa shape index (κ3) is 3.26. The number of anilines is 1. The van der Waals surface area contributed by atoms with Gasteiger partial charge in [0.1, 0.15) is 11.3 Å². The van der Waals surface area contributed by atoms with Crippen LogP contribution < -0.4 is 9.64 Å². The van der Waals surface area contributed by atoms with Gasteiger partial charge in [0.25, 0.3) is 0 Å². The molecule has 1 aliphatic heterocycles. The Morgan fingerprint density at radius 3 is 3.04 bits per heavy atom. The zero-order valence-corrected chi connectivity index (χ0v) is 13.8. The Balaban J connectivity index is 1.96. The van der Waals surface area contributed by atoms with Crippen molar-refractivity contribution in [2.24, 2.45) is 0 Å². The van der Waals surface area contributed by atoms with E-state index in [0.29, 0.717) is 6.61 Å². The molecule has 2 aromatic rings. The highest BCUT2D eigenvalue weighted by molar-refractivity contribution is 5.96. The molecule has 0 bridgehead atoms. The molecule has 1 saturated heterocycles. The molecule has 0 aliphatic carbocycles. The first-order valence-electron chi connectivity index (χ1n) is 8.14. The van der Waals surface area contributed by atoms with Crippen LogP contribution in [-0.4, -0.2) is 49.6 Å². The lowest BCUT2D eigenvalue weighted by molar-refractivity contribution is 0.0215. The van der Waals surface area contributed by atoms with Crippen LogP contribution in [0, 0.1) is 6.92 Å². The molecule has 1 N–H and O–H groups in total. The molecule has 1 aromatic heterocycles. The number of pyridine rings is 1. The number of hydrogen-bond donors (Lipinski definition) is 1. The van der Waals surface area contributed by atoms with Crippen LogP contribution in [0.5, 0.6) is 5.75 Å². The van der Waals surface area contributed by atoms with Crippen LogP contribution in [0.4, 0.5) is 5.69 Å². The molecule has 0 saturated carbocycles. The first kappa shape index (κ1) is 16.0. The van der Waals surface area contributed by atoms with Crippen LogP contribution >= 0.6 is 0 Å². The smallest absolute Gasteiger partial charge is 0.145 e. The van der Waals surface area contributed by atoms with Crippen molar-refractivity contribution in [1.29, 1.82) is 0 Å². The quantitative estimate of drug-likeness (QED) is 0.918. The molecule has 3 rings (SSSR count). The van der Waals surface area contributed by atoms with E-state index < -0.39 is 0 Å². The number of ether oxygens (including phenoxy) is 2. The van der Waals surface area contributed by atoms with Crippen LogP contribution in [-0.2, 0) is 4.74 Å². The molecule has 5 heteroatoms. The molecule has 0 radical (unpaired) electrons. The van der Waals surface area contributed by atoms with Crippen molar-refractivity contribution in [3.63, 3.8) is 0 Å². The third-order valence-corrected chi connectivity index (χ3v) is 4.37. The topological polar surface area (TPSA) is 54.8 Å². The first-order valence-corrected chi connectivity index (χ1v) is 8.14. The van der Waals surface area contributed by atoms with Crippen molar-refractivity contribution < 1.29 is 14.6 Å². The summed E-state index contributed by atoms with van der Waals surface area (Å²) < 4.78 is 11.2. The van der Waals surface area contributed by atoms with E-state index in [1.165, 1.54) is 5.69 Å². The van der Waals surface area contributed by atoms with E-state index >= 15 is 0 Å². The fourth-order valence-electron chi connectivity index (χ4n) is 3.36. The van der Waals surface area contributed by atoms with Gasteiger partial charge in [-0.3, -0.25) is 4.98 Å². The summed E-state index contributed by atoms with van der Waals surface area (Å²) in [6, 6.07) is 6.05. The van der Waals surface area contributed by atoms with Gasteiger partial charge < -0.3 is 19.5 Å². The number of aryl methyl sites for hydroxylation is 1. The van der Waals surface area contributed by atoms with E-state index in [1.54, 1.807) is 7.11 Å². The van der Waals surface area contributed by atoms with Crippen molar-refractivity contribution in [3.8, 4) is 5.75 Å². The van der Waals surface area contributed by atoms with Crippen molar-refractivity contribution in [1.82, 2.24) is 4.98 Å². The second kappa shape index (κ2) is 7.15. The van der Waals surface area contributed by atoms with E-state index in [9.17, 15) is 0 Å². The third-order valence-electron chi connectivity index (χ3n) is 4.37. The van der Waals surface area contributed by atoms with Crippen LogP contribution in [0.15, 0.2) is 24.4 Å². The lowest BCUT2D eigenvalue weighted by Crippen LogP contribution is -2.40. The molecule has 0 amide bonds. The maximum absolute atomic E-state index is 8.96. The molecular formula is C18H24N2O3. The monoisotopic (exact) mass is 316 g/mol. The molecule has 1 unspecified atom stereocenters. The molecule has 124 valence electrons. The number of para-hydroxylation sites is 1. The van der Waals surface area contributed by atoms with Gasteiger partial charge in [0.05, 0.1) is 32.1 Å². The zero-order chi connectivity index (χ0) is 16.2. The van der Waals surface area contributed by atoms with Crippen LogP contribution in [0.2, 0.25) is 0 Å². The molecule has 1 fully saturated rings. The summed E-state index contributed by atoms with van der Waals surface area (Å²) >= 11 is 0. The molecule has 1 atom stereocenters. The van der Waals surface area contributed by atoms with Crippen molar-refractivity contribution in [3.05, 3.63) is 30.0 Å². The molecule has 1 aliphatic rings. The summed E-state index contributed by atoms with van der Waals surface area (Å²) in [4.78, 5) is 6.94. The van der Waals surface area contributed by atoms with Gasteiger partial charge in [-0.25, -0.2) is 0 Å². The second-order valence-corrected chi connectivity index (χ2v) is 5.95. The normalized spacial score (nSPS) is 18.4. The Labute approximate surface area is 136 Å². The number of aliphatic hydroxyl groups excluding tert-OH is 1. The van der Waals surface area contributed by atoms with E-state index in [1.807, 2.05) is 18.3 Å². The summed E-state index contributed by atoms with van der Waals surface area (Å²) in [5, 5.41) is 10.1. The molecule has 1 aromatic carbocycles. The number of methoxy groups -OCH3 is 1. The molecule has 23 heavy (non-hydrogen) atoms. The van der Waals surface area contributed by atoms with Gasteiger partial charge in [0, 0.05) is 24.7 Å². The van der Waals surface area contributed by atoms with E-state index in [0.717, 1.165) is 48.1 Å². The zero-order valence-electron chi connectivity index (χ0n) is 13.8. The van der Waals surface area contributed by atoms with E-state index in [4.69, 9.17) is 14.6 Å². The Morgan fingerprint density at radius 1 is 1.39 bits per heavy atom. The highest BCUT2D eigenvalue weighted by Crippen LogP contribution is 2.35. The minimum Gasteiger partial charge on any atom is -0.494 e. The number of aliphatic hydroxyl groups is 1. The lowest BCUT2D eigenvalue weighted by Gasteiger charge is -2.35. The number of nitrogens with zero attached hydrogens (tertiary/aromatic N) is 2. The Bertz CT molecular complexity index is 675. The number of benzene rings is 1. The molecule has 2 heterocycles. The van der Waals surface area contributed by atoms with Crippen molar-refractivity contribution >= 4 is 16.6 Å². The largest absolute Gasteiger partial charge is 0.494 e. The average Bonchev–Trinajstić information content (AvgIpc) is 2.59. The summed E-state index contributed by atoms with van der Waals surface area (Å²) in [6.07, 6.45) is 4.22. The summed E-state index contributed by atoms with van der Waals surface area (Å²) in [6.45, 7) is 4.43. The van der Waals surface area contributed by atoms with E-state index in [2.05, 4.69) is 22.9 Å². The van der Waals surface area contributed by atoms with Gasteiger partial charge in [-0.05, 0) is 31.4 Å². The van der Waals surface area contributed by atoms with E-state index in [-0.39, 0.29) is 12.7 Å². The van der Waals surface area contributed by atoms with Gasteiger partial charge >= 0.3 is 0 Å². The summed E-state index contributed by atoms with van der Waals surface area (Å²) in [5.41, 5.74) is 3.27. The Hall–Kier alpha value is -1.85. The minimum absolute atomic E-state index is 0.0743. The highest BCUT2D eigenvalue weighted by Gasteiger charge is 2.23. The number of hydrogen-bond acceptors (Lipinski definition) is 5. The van der Waals surface area contributed by atoms with Crippen LogP contribution in [0.1, 0.15) is 18.4 Å². The highest BCUT2D eigenvalue weighted by atomic mass is 16.5. The summed E-state index contributed by atoms with van der Waals surface area (Å²) in [7, 11) is 1.68. The average molecular weight is 316 g/mol. The Morgan fingerprint density at radius 2 is 2.26 bits per heavy atom. The van der Waals surface area contributed by atoms with Gasteiger partial charge in [0.15, 0.2) is 0 Å². The van der Waals surface area contributed by atoms with Gasteiger partial charge in [-0.15, -0.1) is 0 Å². The summed E-state index contributed by atoms with van der Waals surface area (Å²) in [5.74, 6) is 0.800. The number of fused-ring (bicyclic) bond motifs is 1. The van der Waals surface area contributed by atoms with Gasteiger partial charge in [-0.2, -0.15) is 0 Å². The predicted molar refractivity (Wildman–Crippen MR) is 91.3 cm³/mol. The maximum Gasteiger partial charge on any atom is 0.145 e. The predicted octanol–water partition coefficient (Wildman–Crippen LogP) is 2.53. The lowest BCUT2D eigenvalue weighted by atomic mass is 10.0. The molecular weight excluding hydrogens is 292 g/mol. The number of aromatic nitrogens is 1. The fraction of sp³-hybridized carbons (Fsp3) is 0.500. The van der Waals surface area contributed by atoms with Gasteiger partial charge in [-0.1, -0.05) is 12.1 Å². The number of rotatable bonds is 5. The van der Waals surface area contributed by atoms with Crippen molar-refractivity contribution in [2.45, 2.75) is 25.9 Å². The maximum atomic E-state index is 8.96.